The van der Waals surface area contributed by atoms with Crippen LogP contribution in [0.3, 0.4) is 0 Å². The zero-order valence-electron chi connectivity index (χ0n) is 14.6. The molecule has 25 heavy (non-hydrogen) atoms. The fourth-order valence-corrected chi connectivity index (χ4v) is 3.24. The molecule has 2 saturated heterocycles. The molecule has 0 saturated carbocycles. The number of hydrogen-bond donors (Lipinski definition) is 0. The van der Waals surface area contributed by atoms with Crippen molar-refractivity contribution in [3.05, 3.63) is 42.0 Å². The van der Waals surface area contributed by atoms with Gasteiger partial charge in [0.25, 0.3) is 0 Å². The molecular formula is C19H26N4O2. The van der Waals surface area contributed by atoms with Gasteiger partial charge >= 0.3 is 6.03 Å². The summed E-state index contributed by atoms with van der Waals surface area (Å²) in [5, 5.41) is 0. The minimum atomic E-state index is 0.116. The predicted molar refractivity (Wildman–Crippen MR) is 98.1 cm³/mol. The molecule has 3 rings (SSSR count). The molecule has 6 heteroatoms. The number of benzene rings is 1. The number of urea groups is 1. The van der Waals surface area contributed by atoms with E-state index in [1.807, 2.05) is 28.0 Å². The van der Waals surface area contributed by atoms with Crippen molar-refractivity contribution in [2.24, 2.45) is 0 Å². The van der Waals surface area contributed by atoms with E-state index in [1.165, 1.54) is 5.56 Å². The second kappa shape index (κ2) is 8.67. The molecule has 0 spiro atoms. The van der Waals surface area contributed by atoms with Crippen LogP contribution >= 0.6 is 0 Å². The fourth-order valence-electron chi connectivity index (χ4n) is 3.24. The van der Waals surface area contributed by atoms with Crippen LogP contribution in [0.5, 0.6) is 0 Å². The first-order valence-electron chi connectivity index (χ1n) is 8.93. The Labute approximate surface area is 149 Å². The minimum absolute atomic E-state index is 0.116. The summed E-state index contributed by atoms with van der Waals surface area (Å²) in [4.78, 5) is 31.2. The Hall–Kier alpha value is -2.34. The van der Waals surface area contributed by atoms with E-state index in [0.29, 0.717) is 26.2 Å². The Balaban J connectivity index is 1.40. The summed E-state index contributed by atoms with van der Waals surface area (Å²) in [6.45, 7) is 6.80. The highest BCUT2D eigenvalue weighted by molar-refractivity contribution is 5.75. The molecule has 1 aromatic rings. The maximum Gasteiger partial charge on any atom is 0.320 e. The molecule has 134 valence electrons. The van der Waals surface area contributed by atoms with Gasteiger partial charge in [-0.15, -0.1) is 0 Å². The lowest BCUT2D eigenvalue weighted by molar-refractivity contribution is -0.119. The largest absolute Gasteiger partial charge is 0.342 e. The molecule has 0 radical (unpaired) electrons. The van der Waals surface area contributed by atoms with Gasteiger partial charge in [0.15, 0.2) is 0 Å². The highest BCUT2D eigenvalue weighted by Gasteiger charge is 2.27. The van der Waals surface area contributed by atoms with Crippen molar-refractivity contribution in [2.45, 2.75) is 0 Å². The SMILES string of the molecule is O=CN1CCN(C(=O)N2CCN(C/C=C/c3ccccc3)CC2)CC1. The fraction of sp³-hybridized carbons (Fsp3) is 0.474. The van der Waals surface area contributed by atoms with Crippen LogP contribution < -0.4 is 0 Å². The number of nitrogens with zero attached hydrogens (tertiary/aromatic N) is 4. The van der Waals surface area contributed by atoms with Crippen molar-refractivity contribution in [1.29, 1.82) is 0 Å². The lowest BCUT2D eigenvalue weighted by Gasteiger charge is -2.39. The summed E-state index contributed by atoms with van der Waals surface area (Å²) in [5.41, 5.74) is 1.21. The molecule has 2 aliphatic heterocycles. The third-order valence-corrected chi connectivity index (χ3v) is 4.85. The molecule has 3 amide bonds. The number of rotatable bonds is 4. The lowest BCUT2D eigenvalue weighted by atomic mass is 10.2. The Bertz CT molecular complexity index is 589. The van der Waals surface area contributed by atoms with Crippen molar-refractivity contribution in [3.8, 4) is 0 Å². The highest BCUT2D eigenvalue weighted by atomic mass is 16.2. The standard InChI is InChI=1S/C19H26N4O2/c24-17-21-11-15-23(16-12-21)19(25)22-13-9-20(10-14-22)8-4-7-18-5-2-1-3-6-18/h1-7,17H,8-16H2/b7-4+. The van der Waals surface area contributed by atoms with Crippen LogP contribution in [0.2, 0.25) is 0 Å². The maximum absolute atomic E-state index is 12.6. The smallest absolute Gasteiger partial charge is 0.320 e. The van der Waals surface area contributed by atoms with E-state index < -0.39 is 0 Å². The molecule has 0 aliphatic carbocycles. The zero-order chi connectivity index (χ0) is 17.5. The zero-order valence-corrected chi connectivity index (χ0v) is 14.6. The van der Waals surface area contributed by atoms with Gasteiger partial charge in [-0.25, -0.2) is 4.79 Å². The van der Waals surface area contributed by atoms with E-state index in [1.54, 1.807) is 4.90 Å². The molecular weight excluding hydrogens is 316 g/mol. The van der Waals surface area contributed by atoms with Gasteiger partial charge in [0.05, 0.1) is 0 Å². The van der Waals surface area contributed by atoms with Gasteiger partial charge in [0.2, 0.25) is 6.41 Å². The summed E-state index contributed by atoms with van der Waals surface area (Å²) < 4.78 is 0. The van der Waals surface area contributed by atoms with Crippen LogP contribution in [0.1, 0.15) is 5.56 Å². The molecule has 0 unspecified atom stereocenters. The van der Waals surface area contributed by atoms with Crippen molar-refractivity contribution in [1.82, 2.24) is 19.6 Å². The molecule has 2 heterocycles. The normalized spacial score (nSPS) is 19.4. The van der Waals surface area contributed by atoms with Gasteiger partial charge in [-0.05, 0) is 5.56 Å². The van der Waals surface area contributed by atoms with E-state index in [2.05, 4.69) is 29.2 Å². The van der Waals surface area contributed by atoms with Crippen LogP contribution in [0, 0.1) is 0 Å². The molecule has 0 bridgehead atoms. The van der Waals surface area contributed by atoms with Gasteiger partial charge in [-0.1, -0.05) is 42.5 Å². The second-order valence-electron chi connectivity index (χ2n) is 6.51. The first kappa shape index (κ1) is 17.5. The lowest BCUT2D eigenvalue weighted by Crippen LogP contribution is -2.56. The predicted octanol–water partition coefficient (Wildman–Crippen LogP) is 1.21. The second-order valence-corrected chi connectivity index (χ2v) is 6.51. The van der Waals surface area contributed by atoms with Gasteiger partial charge in [-0.2, -0.15) is 0 Å². The first-order chi connectivity index (χ1) is 12.3. The molecule has 6 nitrogen and oxygen atoms in total. The van der Waals surface area contributed by atoms with Gasteiger partial charge < -0.3 is 14.7 Å². The number of carbonyl (C=O) groups excluding carboxylic acids is 2. The van der Waals surface area contributed by atoms with Crippen molar-refractivity contribution in [3.63, 3.8) is 0 Å². The van der Waals surface area contributed by atoms with Gasteiger partial charge in [0, 0.05) is 58.9 Å². The number of hydrogen-bond acceptors (Lipinski definition) is 3. The number of carbonyl (C=O) groups is 2. The van der Waals surface area contributed by atoms with E-state index >= 15 is 0 Å². The quantitative estimate of drug-likeness (QED) is 0.773. The molecule has 2 aliphatic rings. The molecule has 0 N–H and O–H groups in total. The third kappa shape index (κ3) is 4.82. The van der Waals surface area contributed by atoms with Crippen molar-refractivity contribution >= 4 is 18.5 Å². The van der Waals surface area contributed by atoms with Crippen LogP contribution in [0.25, 0.3) is 6.08 Å². The minimum Gasteiger partial charge on any atom is -0.342 e. The van der Waals surface area contributed by atoms with Crippen molar-refractivity contribution < 1.29 is 9.59 Å². The van der Waals surface area contributed by atoms with Crippen LogP contribution in [0.4, 0.5) is 4.79 Å². The first-order valence-corrected chi connectivity index (χ1v) is 8.93. The molecule has 0 aromatic heterocycles. The topological polar surface area (TPSA) is 47.1 Å². The van der Waals surface area contributed by atoms with Gasteiger partial charge in [-0.3, -0.25) is 9.69 Å². The molecule has 2 fully saturated rings. The summed E-state index contributed by atoms with van der Waals surface area (Å²) in [6.07, 6.45) is 5.19. The van der Waals surface area contributed by atoms with Gasteiger partial charge in [0.1, 0.15) is 0 Å². The molecule has 0 atom stereocenters. The average molecular weight is 342 g/mol. The van der Waals surface area contributed by atoms with E-state index in [9.17, 15) is 9.59 Å². The molecule has 1 aromatic carbocycles. The Kier molecular flexibility index (Phi) is 6.06. The monoisotopic (exact) mass is 342 g/mol. The summed E-state index contributed by atoms with van der Waals surface area (Å²) >= 11 is 0. The van der Waals surface area contributed by atoms with Crippen LogP contribution in [0.15, 0.2) is 36.4 Å². The Morgan fingerprint density at radius 3 is 2.08 bits per heavy atom. The van der Waals surface area contributed by atoms with E-state index in [4.69, 9.17) is 0 Å². The summed E-state index contributed by atoms with van der Waals surface area (Å²) in [7, 11) is 0. The van der Waals surface area contributed by atoms with E-state index in [-0.39, 0.29) is 6.03 Å². The average Bonchev–Trinajstić information content (AvgIpc) is 2.69. The van der Waals surface area contributed by atoms with E-state index in [0.717, 1.165) is 39.1 Å². The maximum atomic E-state index is 12.6. The number of piperazine rings is 2. The van der Waals surface area contributed by atoms with Crippen LogP contribution in [-0.2, 0) is 4.79 Å². The van der Waals surface area contributed by atoms with Crippen LogP contribution in [-0.4, -0.2) is 90.9 Å². The highest BCUT2D eigenvalue weighted by Crippen LogP contribution is 2.09. The van der Waals surface area contributed by atoms with Crippen molar-refractivity contribution in [2.75, 3.05) is 58.9 Å². The Morgan fingerprint density at radius 2 is 1.48 bits per heavy atom. The Morgan fingerprint density at radius 1 is 0.880 bits per heavy atom. The third-order valence-electron chi connectivity index (χ3n) is 4.85. The summed E-state index contributed by atoms with van der Waals surface area (Å²) in [5.74, 6) is 0. The number of amides is 3. The summed E-state index contributed by atoms with van der Waals surface area (Å²) in [6, 6.07) is 10.4.